The van der Waals surface area contributed by atoms with Crippen LogP contribution in [0, 0.1) is 29.6 Å². The standard InChI is InChI=1S/C35H36N8O3/c1-21(2)34(45)42-15-13-24(14-16-42)30-18-28(31(41-30)32(38)39-20-37)23-9-11-26(12-10-23)40-33(44)29-17-25(19-36)22(3)43(35(29)46)27-7-5-4-6-8-27/h4-12,17-18,20-21,24,41H,13-16H2,1-3H3,(H,40,44)(H3,37,38,39). The number of amidine groups is 1. The third-order valence-electron chi connectivity index (χ3n) is 8.32. The van der Waals surface area contributed by atoms with Crippen LogP contribution in [-0.4, -0.2) is 51.5 Å². The second-order valence-electron chi connectivity index (χ2n) is 11.6. The number of anilines is 1. The van der Waals surface area contributed by atoms with E-state index < -0.39 is 11.5 Å². The van der Waals surface area contributed by atoms with Gasteiger partial charge in [-0.05, 0) is 61.7 Å². The van der Waals surface area contributed by atoms with Crippen LogP contribution in [-0.2, 0) is 4.79 Å². The predicted octanol–water partition coefficient (Wildman–Crippen LogP) is 4.94. The summed E-state index contributed by atoms with van der Waals surface area (Å²) in [5, 5.41) is 19.9. The topological polar surface area (TPSA) is 173 Å². The zero-order valence-corrected chi connectivity index (χ0v) is 26.0. The lowest BCUT2D eigenvalue weighted by Crippen LogP contribution is -2.40. The van der Waals surface area contributed by atoms with Crippen molar-refractivity contribution in [1.29, 1.82) is 10.7 Å². The summed E-state index contributed by atoms with van der Waals surface area (Å²) in [4.78, 5) is 48.5. The molecule has 1 saturated heterocycles. The van der Waals surface area contributed by atoms with E-state index >= 15 is 0 Å². The molecule has 2 aromatic carbocycles. The van der Waals surface area contributed by atoms with E-state index in [1.807, 2.05) is 43.0 Å². The molecule has 3 heterocycles. The Hall–Kier alpha value is -5.76. The highest BCUT2D eigenvalue weighted by atomic mass is 16.2. The summed E-state index contributed by atoms with van der Waals surface area (Å²) < 4.78 is 1.37. The zero-order valence-electron chi connectivity index (χ0n) is 26.0. The molecule has 1 aliphatic heterocycles. The number of aliphatic imine (C=N–C) groups is 1. The number of benzene rings is 2. The SMILES string of the molecule is Cc1c(C#N)cc(C(=O)Nc2ccc(-c3cc(C4CCN(C(=O)C(C)C)CC4)[nH]c3/C(N)=N\C=N)cc2)c(=O)n1-c1ccccc1. The Kier molecular flexibility index (Phi) is 9.28. The summed E-state index contributed by atoms with van der Waals surface area (Å²) >= 11 is 0. The Labute approximate surface area is 266 Å². The first-order valence-electron chi connectivity index (χ1n) is 15.1. The van der Waals surface area contributed by atoms with E-state index in [-0.39, 0.29) is 34.7 Å². The van der Waals surface area contributed by atoms with E-state index in [1.54, 1.807) is 43.3 Å². The average molecular weight is 617 g/mol. The molecule has 0 unspecified atom stereocenters. The van der Waals surface area contributed by atoms with Crippen LogP contribution in [0.2, 0.25) is 0 Å². The number of aromatic nitrogens is 2. The molecule has 0 radical (unpaired) electrons. The minimum absolute atomic E-state index is 0.0370. The first-order chi connectivity index (χ1) is 22.1. The molecule has 0 bridgehead atoms. The van der Waals surface area contributed by atoms with Crippen LogP contribution in [0.1, 0.15) is 65.6 Å². The minimum Gasteiger partial charge on any atom is -0.382 e. The van der Waals surface area contributed by atoms with Gasteiger partial charge in [0.25, 0.3) is 11.5 Å². The fraction of sp³-hybridized carbons (Fsp3) is 0.257. The van der Waals surface area contributed by atoms with Crippen molar-refractivity contribution in [2.75, 3.05) is 18.4 Å². The number of aromatic amines is 1. The number of piperidine rings is 1. The second kappa shape index (κ2) is 13.5. The fourth-order valence-corrected chi connectivity index (χ4v) is 5.83. The van der Waals surface area contributed by atoms with Gasteiger partial charge in [-0.3, -0.25) is 24.4 Å². The van der Waals surface area contributed by atoms with Crippen LogP contribution in [0.3, 0.4) is 0 Å². The molecule has 2 amide bonds. The highest BCUT2D eigenvalue weighted by Gasteiger charge is 2.27. The number of nitrogens with zero attached hydrogens (tertiary/aromatic N) is 4. The van der Waals surface area contributed by atoms with Crippen molar-refractivity contribution in [2.45, 2.75) is 39.5 Å². The summed E-state index contributed by atoms with van der Waals surface area (Å²) in [6.45, 7) is 6.85. The molecule has 1 fully saturated rings. The van der Waals surface area contributed by atoms with Gasteiger partial charge in [0.2, 0.25) is 5.91 Å². The molecule has 46 heavy (non-hydrogen) atoms. The quantitative estimate of drug-likeness (QED) is 0.162. The molecular formula is C35H36N8O3. The number of para-hydroxylation sites is 1. The number of carbonyl (C=O) groups is 2. The van der Waals surface area contributed by atoms with E-state index in [9.17, 15) is 19.6 Å². The average Bonchev–Trinajstić information content (AvgIpc) is 3.51. The van der Waals surface area contributed by atoms with Crippen molar-refractivity contribution in [1.82, 2.24) is 14.5 Å². The summed E-state index contributed by atoms with van der Waals surface area (Å²) in [6, 6.07) is 21.4. The van der Waals surface area contributed by atoms with Crippen molar-refractivity contribution >= 4 is 29.7 Å². The molecule has 0 atom stereocenters. The molecule has 11 nitrogen and oxygen atoms in total. The lowest BCUT2D eigenvalue weighted by molar-refractivity contribution is -0.135. The van der Waals surface area contributed by atoms with Crippen LogP contribution < -0.4 is 16.6 Å². The van der Waals surface area contributed by atoms with Gasteiger partial charge in [0, 0.05) is 53.3 Å². The lowest BCUT2D eigenvalue weighted by atomic mass is 9.92. The Morgan fingerprint density at radius 2 is 1.78 bits per heavy atom. The van der Waals surface area contributed by atoms with Crippen molar-refractivity contribution in [3.05, 3.63) is 105 Å². The molecule has 234 valence electrons. The van der Waals surface area contributed by atoms with Crippen molar-refractivity contribution in [2.24, 2.45) is 16.6 Å². The number of nitriles is 1. The van der Waals surface area contributed by atoms with Crippen molar-refractivity contribution in [3.8, 4) is 22.9 Å². The summed E-state index contributed by atoms with van der Waals surface area (Å²) in [7, 11) is 0. The Bertz CT molecular complexity index is 1910. The first-order valence-corrected chi connectivity index (χ1v) is 15.1. The smallest absolute Gasteiger partial charge is 0.268 e. The maximum absolute atomic E-state index is 13.4. The highest BCUT2D eigenvalue weighted by molar-refractivity contribution is 6.06. The largest absolute Gasteiger partial charge is 0.382 e. The minimum atomic E-state index is -0.631. The van der Waals surface area contributed by atoms with Gasteiger partial charge >= 0.3 is 0 Å². The molecule has 11 heteroatoms. The van der Waals surface area contributed by atoms with Crippen molar-refractivity contribution < 1.29 is 9.59 Å². The number of amides is 2. The summed E-state index contributed by atoms with van der Waals surface area (Å²) in [5.41, 5.74) is 10.4. The van der Waals surface area contributed by atoms with Crippen LogP contribution >= 0.6 is 0 Å². The van der Waals surface area contributed by atoms with Gasteiger partial charge in [-0.1, -0.05) is 44.2 Å². The molecule has 1 aliphatic rings. The Balaban J connectivity index is 1.40. The number of pyridine rings is 1. The van der Waals surface area contributed by atoms with Gasteiger partial charge in [-0.2, -0.15) is 5.26 Å². The lowest BCUT2D eigenvalue weighted by Gasteiger charge is -2.32. The third-order valence-corrected chi connectivity index (χ3v) is 8.32. The number of carbonyl (C=O) groups excluding carboxylic acids is 2. The number of hydrogen-bond donors (Lipinski definition) is 4. The van der Waals surface area contributed by atoms with Crippen LogP contribution in [0.15, 0.2) is 76.5 Å². The normalized spacial score (nSPS) is 13.8. The zero-order chi connectivity index (χ0) is 33.0. The van der Waals surface area contributed by atoms with Gasteiger partial charge in [0.15, 0.2) is 0 Å². The molecule has 0 saturated carbocycles. The fourth-order valence-electron chi connectivity index (χ4n) is 5.83. The van der Waals surface area contributed by atoms with E-state index in [0.717, 1.165) is 36.0 Å². The van der Waals surface area contributed by atoms with Gasteiger partial charge in [0.1, 0.15) is 23.8 Å². The van der Waals surface area contributed by atoms with Gasteiger partial charge in [-0.15, -0.1) is 0 Å². The third kappa shape index (κ3) is 6.37. The molecular weight excluding hydrogens is 580 g/mol. The summed E-state index contributed by atoms with van der Waals surface area (Å²) in [5.74, 6) is -0.139. The number of nitrogens with one attached hydrogen (secondary N) is 3. The number of likely N-dealkylation sites (tertiary alicyclic amines) is 1. The van der Waals surface area contributed by atoms with E-state index in [1.165, 1.54) is 10.6 Å². The first kappa shape index (κ1) is 31.7. The number of hydrogen-bond acceptors (Lipinski definition) is 5. The predicted molar refractivity (Wildman–Crippen MR) is 179 cm³/mol. The molecule has 0 spiro atoms. The molecule has 2 aromatic heterocycles. The van der Waals surface area contributed by atoms with E-state index in [2.05, 4.69) is 21.4 Å². The van der Waals surface area contributed by atoms with Crippen molar-refractivity contribution in [3.63, 3.8) is 0 Å². The molecule has 5 N–H and O–H groups in total. The maximum atomic E-state index is 13.4. The van der Waals surface area contributed by atoms with Gasteiger partial charge in [0.05, 0.1) is 11.3 Å². The second-order valence-corrected chi connectivity index (χ2v) is 11.6. The van der Waals surface area contributed by atoms with Crippen LogP contribution in [0.25, 0.3) is 16.8 Å². The van der Waals surface area contributed by atoms with Crippen LogP contribution in [0.5, 0.6) is 0 Å². The van der Waals surface area contributed by atoms with Crippen LogP contribution in [0.4, 0.5) is 5.69 Å². The number of H-pyrrole nitrogens is 1. The Morgan fingerprint density at radius 1 is 1.11 bits per heavy atom. The van der Waals surface area contributed by atoms with E-state index in [4.69, 9.17) is 11.1 Å². The van der Waals surface area contributed by atoms with Gasteiger partial charge < -0.3 is 20.9 Å². The maximum Gasteiger partial charge on any atom is 0.268 e. The number of nitrogens with two attached hydrogens (primary N) is 1. The number of rotatable bonds is 8. The van der Waals surface area contributed by atoms with E-state index in [0.29, 0.717) is 35.9 Å². The summed E-state index contributed by atoms with van der Waals surface area (Å²) in [6.07, 6.45) is 2.51. The highest BCUT2D eigenvalue weighted by Crippen LogP contribution is 2.34. The van der Waals surface area contributed by atoms with Gasteiger partial charge in [-0.25, -0.2) is 4.99 Å². The molecule has 0 aliphatic carbocycles. The monoisotopic (exact) mass is 616 g/mol. The Morgan fingerprint density at radius 3 is 2.39 bits per heavy atom. The molecule has 4 aromatic rings. The molecule has 5 rings (SSSR count).